The Kier molecular flexibility index (Phi) is 8.25. The fourth-order valence-electron chi connectivity index (χ4n) is 3.37. The minimum atomic E-state index is -0.482. The van der Waals surface area contributed by atoms with Crippen molar-refractivity contribution >= 4 is 39.5 Å². The van der Waals surface area contributed by atoms with E-state index in [2.05, 4.69) is 26.6 Å². The molecule has 2 N–H and O–H groups in total. The van der Waals surface area contributed by atoms with E-state index in [-0.39, 0.29) is 24.1 Å². The van der Waals surface area contributed by atoms with Crippen LogP contribution < -0.4 is 15.4 Å². The van der Waals surface area contributed by atoms with Crippen molar-refractivity contribution in [3.63, 3.8) is 0 Å². The zero-order valence-corrected chi connectivity index (χ0v) is 18.7. The van der Waals surface area contributed by atoms with Gasteiger partial charge in [-0.2, -0.15) is 5.26 Å². The maximum absolute atomic E-state index is 12.4. The van der Waals surface area contributed by atoms with Gasteiger partial charge in [0.25, 0.3) is 11.8 Å². The van der Waals surface area contributed by atoms with Crippen LogP contribution in [0.5, 0.6) is 5.75 Å². The Labute approximate surface area is 190 Å². The third kappa shape index (κ3) is 7.26. The van der Waals surface area contributed by atoms with E-state index in [0.29, 0.717) is 17.0 Å². The van der Waals surface area contributed by atoms with Crippen molar-refractivity contribution in [3.05, 3.63) is 64.1 Å². The van der Waals surface area contributed by atoms with Crippen molar-refractivity contribution in [1.82, 2.24) is 5.32 Å². The van der Waals surface area contributed by atoms with Gasteiger partial charge in [-0.3, -0.25) is 9.59 Å². The second-order valence-electron chi connectivity index (χ2n) is 7.39. The molecule has 160 valence electrons. The van der Waals surface area contributed by atoms with Crippen LogP contribution in [0.1, 0.15) is 37.7 Å². The van der Waals surface area contributed by atoms with E-state index in [1.165, 1.54) is 12.5 Å². The summed E-state index contributed by atoms with van der Waals surface area (Å²) >= 11 is 3.34. The number of nitrogens with one attached hydrogen (secondary N) is 2. The summed E-state index contributed by atoms with van der Waals surface area (Å²) in [5, 5.41) is 15.1. The van der Waals surface area contributed by atoms with E-state index in [9.17, 15) is 14.9 Å². The van der Waals surface area contributed by atoms with Gasteiger partial charge in [0.15, 0.2) is 6.61 Å². The number of anilines is 1. The van der Waals surface area contributed by atoms with Crippen LogP contribution in [0, 0.1) is 11.3 Å². The molecule has 1 saturated carbocycles. The van der Waals surface area contributed by atoms with Crippen LogP contribution in [-0.2, 0) is 9.59 Å². The third-order valence-electron chi connectivity index (χ3n) is 5.00. The average molecular weight is 482 g/mol. The first-order valence-corrected chi connectivity index (χ1v) is 11.0. The highest BCUT2D eigenvalue weighted by Crippen LogP contribution is 2.19. The number of amides is 2. The number of carbonyl (C=O) groups excluding carboxylic acids is 2. The zero-order valence-electron chi connectivity index (χ0n) is 17.1. The van der Waals surface area contributed by atoms with Gasteiger partial charge in [-0.05, 0) is 60.9 Å². The number of hydrogen-bond acceptors (Lipinski definition) is 4. The van der Waals surface area contributed by atoms with Crippen LogP contribution in [-0.4, -0.2) is 24.5 Å². The fraction of sp³-hybridized carbons (Fsp3) is 0.292. The third-order valence-corrected chi connectivity index (χ3v) is 5.53. The molecule has 0 bridgehead atoms. The molecule has 7 heteroatoms. The molecule has 0 atom stereocenters. The van der Waals surface area contributed by atoms with Crippen molar-refractivity contribution < 1.29 is 14.3 Å². The number of nitrogens with zero attached hydrogens (tertiary/aromatic N) is 1. The standard InChI is InChI=1S/C24H24BrN3O3/c25-19-8-10-21(11-9-19)28-24(30)18(15-26)14-17-6-12-22(13-7-17)31-16-23(29)27-20-4-2-1-3-5-20/h6-14,20H,1-5,16H2,(H,27,29)(H,28,30)/b18-14+. The number of nitriles is 1. The highest BCUT2D eigenvalue weighted by atomic mass is 79.9. The van der Waals surface area contributed by atoms with E-state index in [1.54, 1.807) is 48.5 Å². The van der Waals surface area contributed by atoms with Crippen LogP contribution in [0.4, 0.5) is 5.69 Å². The van der Waals surface area contributed by atoms with Crippen LogP contribution in [0.25, 0.3) is 6.08 Å². The predicted octanol–water partition coefficient (Wildman–Crippen LogP) is 4.82. The molecular formula is C24H24BrN3O3. The predicted molar refractivity (Wildman–Crippen MR) is 123 cm³/mol. The second-order valence-corrected chi connectivity index (χ2v) is 8.31. The van der Waals surface area contributed by atoms with Crippen molar-refractivity contribution in [2.75, 3.05) is 11.9 Å². The number of hydrogen-bond donors (Lipinski definition) is 2. The Morgan fingerprint density at radius 1 is 1.06 bits per heavy atom. The molecule has 0 spiro atoms. The lowest BCUT2D eigenvalue weighted by molar-refractivity contribution is -0.124. The summed E-state index contributed by atoms with van der Waals surface area (Å²) in [6.07, 6.45) is 7.13. The first-order valence-electron chi connectivity index (χ1n) is 10.2. The van der Waals surface area contributed by atoms with Crippen LogP contribution in [0.3, 0.4) is 0 Å². The van der Waals surface area contributed by atoms with E-state index in [1.807, 2.05) is 6.07 Å². The molecular weight excluding hydrogens is 458 g/mol. The lowest BCUT2D eigenvalue weighted by atomic mass is 9.95. The quantitative estimate of drug-likeness (QED) is 0.437. The fourth-order valence-corrected chi connectivity index (χ4v) is 3.64. The normalized spacial score (nSPS) is 14.4. The average Bonchev–Trinajstić information content (AvgIpc) is 2.79. The molecule has 0 saturated heterocycles. The maximum Gasteiger partial charge on any atom is 0.266 e. The van der Waals surface area contributed by atoms with E-state index >= 15 is 0 Å². The molecule has 2 amide bonds. The topological polar surface area (TPSA) is 91.2 Å². The largest absolute Gasteiger partial charge is 0.484 e. The summed E-state index contributed by atoms with van der Waals surface area (Å²) in [6, 6.07) is 16.2. The first kappa shape index (κ1) is 22.6. The van der Waals surface area contributed by atoms with Crippen LogP contribution in [0.2, 0.25) is 0 Å². The molecule has 1 aliphatic carbocycles. The number of carbonyl (C=O) groups is 2. The molecule has 31 heavy (non-hydrogen) atoms. The first-order chi connectivity index (χ1) is 15.0. The summed E-state index contributed by atoms with van der Waals surface area (Å²) in [5.41, 5.74) is 1.27. The van der Waals surface area contributed by atoms with E-state index in [0.717, 1.165) is 30.2 Å². The number of benzene rings is 2. The molecule has 2 aromatic carbocycles. The Balaban J connectivity index is 1.53. The molecule has 0 unspecified atom stereocenters. The van der Waals surface area contributed by atoms with Gasteiger partial charge < -0.3 is 15.4 Å². The van der Waals surface area contributed by atoms with Crippen molar-refractivity contribution in [3.8, 4) is 11.8 Å². The molecule has 0 aromatic heterocycles. The Bertz CT molecular complexity index is 973. The summed E-state index contributed by atoms with van der Waals surface area (Å²) in [4.78, 5) is 24.4. The molecule has 0 aliphatic heterocycles. The second kappa shape index (κ2) is 11.3. The highest BCUT2D eigenvalue weighted by molar-refractivity contribution is 9.10. The lowest BCUT2D eigenvalue weighted by Gasteiger charge is -2.22. The molecule has 6 nitrogen and oxygen atoms in total. The van der Waals surface area contributed by atoms with Gasteiger partial charge in [-0.15, -0.1) is 0 Å². The molecule has 3 rings (SSSR count). The zero-order chi connectivity index (χ0) is 22.1. The summed E-state index contributed by atoms with van der Waals surface area (Å²) in [6.45, 7) is -0.0370. The maximum atomic E-state index is 12.4. The van der Waals surface area contributed by atoms with Gasteiger partial charge in [0.05, 0.1) is 0 Å². The lowest BCUT2D eigenvalue weighted by Crippen LogP contribution is -2.38. The Morgan fingerprint density at radius 2 is 1.74 bits per heavy atom. The highest BCUT2D eigenvalue weighted by Gasteiger charge is 2.16. The van der Waals surface area contributed by atoms with Crippen LogP contribution >= 0.6 is 15.9 Å². The van der Waals surface area contributed by atoms with Gasteiger partial charge in [0.1, 0.15) is 17.4 Å². The Hall–Kier alpha value is -3.11. The number of rotatable bonds is 7. The monoisotopic (exact) mass is 481 g/mol. The van der Waals surface area contributed by atoms with Crippen molar-refractivity contribution in [1.29, 1.82) is 5.26 Å². The summed E-state index contributed by atoms with van der Waals surface area (Å²) in [5.74, 6) is -0.0504. The number of halogens is 1. The molecule has 2 aromatic rings. The van der Waals surface area contributed by atoms with Gasteiger partial charge in [0.2, 0.25) is 0 Å². The van der Waals surface area contributed by atoms with Gasteiger partial charge in [-0.1, -0.05) is 47.3 Å². The van der Waals surface area contributed by atoms with E-state index < -0.39 is 5.91 Å². The molecule has 0 heterocycles. The number of ether oxygens (including phenoxy) is 1. The van der Waals surface area contributed by atoms with Gasteiger partial charge in [0, 0.05) is 16.2 Å². The summed E-state index contributed by atoms with van der Waals surface area (Å²) in [7, 11) is 0. The minimum absolute atomic E-state index is 0.0107. The molecule has 0 radical (unpaired) electrons. The van der Waals surface area contributed by atoms with Crippen molar-refractivity contribution in [2.24, 2.45) is 0 Å². The smallest absolute Gasteiger partial charge is 0.266 e. The van der Waals surface area contributed by atoms with Crippen LogP contribution in [0.15, 0.2) is 58.6 Å². The Morgan fingerprint density at radius 3 is 2.39 bits per heavy atom. The minimum Gasteiger partial charge on any atom is -0.484 e. The SMILES string of the molecule is N#C/C(=C\c1ccc(OCC(=O)NC2CCCCC2)cc1)C(=O)Nc1ccc(Br)cc1. The van der Waals surface area contributed by atoms with Gasteiger partial charge in [-0.25, -0.2) is 0 Å². The molecule has 1 fully saturated rings. The summed E-state index contributed by atoms with van der Waals surface area (Å²) < 4.78 is 6.45. The van der Waals surface area contributed by atoms with E-state index in [4.69, 9.17) is 4.74 Å². The molecule has 1 aliphatic rings. The van der Waals surface area contributed by atoms with Crippen molar-refractivity contribution in [2.45, 2.75) is 38.1 Å². The van der Waals surface area contributed by atoms with Gasteiger partial charge >= 0.3 is 0 Å².